The Hall–Kier alpha value is -2.16. The summed E-state index contributed by atoms with van der Waals surface area (Å²) in [6.07, 6.45) is -4.67. The molecule has 1 heterocycles. The fraction of sp³-hybridized carbons (Fsp3) is 0.353. The second-order valence-corrected chi connectivity index (χ2v) is 7.46. The Bertz CT molecular complexity index is 786. The van der Waals surface area contributed by atoms with Crippen molar-refractivity contribution in [2.24, 2.45) is 0 Å². The molecule has 1 aromatic heterocycles. The Labute approximate surface area is 152 Å². The maximum atomic E-state index is 13.1. The van der Waals surface area contributed by atoms with Crippen LogP contribution < -0.4 is 5.32 Å². The molecule has 0 aliphatic rings. The average molecular weight is 387 g/mol. The Balaban J connectivity index is 2.29. The highest BCUT2D eigenvalue weighted by Gasteiger charge is 2.34. The van der Waals surface area contributed by atoms with Gasteiger partial charge in [0.25, 0.3) is 0 Å². The van der Waals surface area contributed by atoms with Gasteiger partial charge in [0.05, 0.1) is 11.4 Å². The van der Waals surface area contributed by atoms with Crippen LogP contribution in [-0.2, 0) is 11.0 Å². The first-order valence-electron chi connectivity index (χ1n) is 7.60. The lowest BCUT2D eigenvalue weighted by Crippen LogP contribution is -2.41. The highest BCUT2D eigenvalue weighted by atomic mass is 32.2. The third-order valence-electron chi connectivity index (χ3n) is 2.98. The third kappa shape index (κ3) is 5.98. The molecule has 9 heteroatoms. The molecule has 0 aliphatic heterocycles. The minimum absolute atomic E-state index is 0.00561. The molecule has 2 aromatic rings. The molecule has 4 nitrogen and oxygen atoms in total. The summed E-state index contributed by atoms with van der Waals surface area (Å²) >= 11 is 0.803. The summed E-state index contributed by atoms with van der Waals surface area (Å²) < 4.78 is 52.4. The molecular formula is C17H17F4N3OS. The zero-order valence-corrected chi connectivity index (χ0v) is 15.1. The van der Waals surface area contributed by atoms with Crippen LogP contribution in [0.5, 0.6) is 0 Å². The number of aromatic nitrogens is 2. The molecule has 140 valence electrons. The summed E-state index contributed by atoms with van der Waals surface area (Å²) in [7, 11) is 0. The van der Waals surface area contributed by atoms with Crippen LogP contribution in [0.15, 0.2) is 35.5 Å². The van der Waals surface area contributed by atoms with E-state index in [2.05, 4.69) is 15.3 Å². The van der Waals surface area contributed by atoms with Gasteiger partial charge in [-0.1, -0.05) is 11.8 Å². The molecule has 0 saturated heterocycles. The number of amides is 1. The minimum atomic E-state index is -4.67. The Kier molecular flexibility index (Phi) is 5.90. The van der Waals surface area contributed by atoms with Crippen molar-refractivity contribution in [1.82, 2.24) is 15.3 Å². The van der Waals surface area contributed by atoms with E-state index in [0.29, 0.717) is 5.56 Å². The Morgan fingerprint density at radius 1 is 1.12 bits per heavy atom. The van der Waals surface area contributed by atoms with Crippen LogP contribution >= 0.6 is 11.8 Å². The molecule has 2 rings (SSSR count). The molecule has 0 unspecified atom stereocenters. The number of hydrogen-bond donors (Lipinski definition) is 1. The number of nitrogens with one attached hydrogen (secondary N) is 1. The Morgan fingerprint density at radius 2 is 1.73 bits per heavy atom. The maximum Gasteiger partial charge on any atom is 0.433 e. The first-order valence-corrected chi connectivity index (χ1v) is 8.59. The number of nitrogens with zero attached hydrogens (tertiary/aromatic N) is 2. The number of rotatable bonds is 4. The van der Waals surface area contributed by atoms with Crippen LogP contribution in [0.4, 0.5) is 17.6 Å². The van der Waals surface area contributed by atoms with Crippen LogP contribution in [0.2, 0.25) is 0 Å². The molecule has 0 radical (unpaired) electrons. The average Bonchev–Trinajstić information content (AvgIpc) is 2.51. The number of carbonyl (C=O) groups is 1. The van der Waals surface area contributed by atoms with Gasteiger partial charge in [0.2, 0.25) is 5.91 Å². The van der Waals surface area contributed by atoms with Crippen LogP contribution in [0.25, 0.3) is 11.3 Å². The standard InChI is InChI=1S/C17H17F4N3OS/c1-16(2,3)24-14(25)9-26-15-22-12(8-13(23-15)17(19,20)21)10-4-6-11(18)7-5-10/h4-8H,9H2,1-3H3,(H,24,25). The van der Waals surface area contributed by atoms with E-state index in [9.17, 15) is 22.4 Å². The number of hydrogen-bond acceptors (Lipinski definition) is 4. The number of carbonyl (C=O) groups excluding carboxylic acids is 1. The van der Waals surface area contributed by atoms with Crippen molar-refractivity contribution in [3.05, 3.63) is 41.8 Å². The quantitative estimate of drug-likeness (QED) is 0.483. The summed E-state index contributed by atoms with van der Waals surface area (Å²) in [4.78, 5) is 19.4. The number of benzene rings is 1. The van der Waals surface area contributed by atoms with E-state index in [0.717, 1.165) is 30.0 Å². The monoisotopic (exact) mass is 387 g/mol. The number of thioether (sulfide) groups is 1. The van der Waals surface area contributed by atoms with Crippen molar-refractivity contribution >= 4 is 17.7 Å². The van der Waals surface area contributed by atoms with Crippen LogP contribution in [-0.4, -0.2) is 27.2 Å². The van der Waals surface area contributed by atoms with Gasteiger partial charge < -0.3 is 5.32 Å². The molecule has 0 aliphatic carbocycles. The van der Waals surface area contributed by atoms with E-state index in [4.69, 9.17) is 0 Å². The molecule has 1 amide bonds. The van der Waals surface area contributed by atoms with E-state index in [1.54, 1.807) is 20.8 Å². The SMILES string of the molecule is CC(C)(C)NC(=O)CSc1nc(-c2ccc(F)cc2)cc(C(F)(F)F)n1. The van der Waals surface area contributed by atoms with Crippen LogP contribution in [0, 0.1) is 5.82 Å². The van der Waals surface area contributed by atoms with Crippen molar-refractivity contribution in [3.8, 4) is 11.3 Å². The van der Waals surface area contributed by atoms with Gasteiger partial charge in [-0.3, -0.25) is 4.79 Å². The first-order chi connectivity index (χ1) is 11.9. The maximum absolute atomic E-state index is 13.1. The third-order valence-corrected chi connectivity index (χ3v) is 3.83. The normalized spacial score (nSPS) is 12.1. The number of halogens is 4. The zero-order chi connectivity index (χ0) is 19.5. The lowest BCUT2D eigenvalue weighted by Gasteiger charge is -2.20. The molecular weight excluding hydrogens is 370 g/mol. The molecule has 26 heavy (non-hydrogen) atoms. The summed E-state index contributed by atoms with van der Waals surface area (Å²) in [6, 6.07) is 5.73. The predicted octanol–water partition coefficient (Wildman–Crippen LogP) is 4.31. The topological polar surface area (TPSA) is 54.9 Å². The largest absolute Gasteiger partial charge is 0.433 e. The lowest BCUT2D eigenvalue weighted by atomic mass is 10.1. The fourth-order valence-electron chi connectivity index (χ4n) is 1.99. The summed E-state index contributed by atoms with van der Waals surface area (Å²) in [5.41, 5.74) is -1.25. The van der Waals surface area contributed by atoms with E-state index >= 15 is 0 Å². The van der Waals surface area contributed by atoms with Crippen LogP contribution in [0.3, 0.4) is 0 Å². The summed E-state index contributed by atoms with van der Waals surface area (Å²) in [5, 5.41) is 2.53. The molecule has 0 fully saturated rings. The van der Waals surface area contributed by atoms with Gasteiger partial charge in [0.15, 0.2) is 5.16 Å². The van der Waals surface area contributed by atoms with E-state index < -0.39 is 23.2 Å². The first kappa shape index (κ1) is 20.2. The second kappa shape index (κ2) is 7.61. The van der Waals surface area contributed by atoms with Crippen LogP contribution in [0.1, 0.15) is 26.5 Å². The molecule has 0 atom stereocenters. The zero-order valence-electron chi connectivity index (χ0n) is 14.3. The molecule has 0 spiro atoms. The van der Waals surface area contributed by atoms with Crippen molar-refractivity contribution in [2.75, 3.05) is 5.75 Å². The molecule has 0 bridgehead atoms. The fourth-order valence-corrected chi connectivity index (χ4v) is 2.65. The van der Waals surface area contributed by atoms with Gasteiger partial charge in [-0.25, -0.2) is 14.4 Å². The molecule has 1 aromatic carbocycles. The summed E-state index contributed by atoms with van der Waals surface area (Å²) in [5.74, 6) is -0.972. The molecule has 0 saturated carbocycles. The van der Waals surface area contributed by atoms with Crippen molar-refractivity contribution in [2.45, 2.75) is 37.6 Å². The van der Waals surface area contributed by atoms with Gasteiger partial charge in [0, 0.05) is 11.1 Å². The van der Waals surface area contributed by atoms with Gasteiger partial charge in [0.1, 0.15) is 11.5 Å². The van der Waals surface area contributed by atoms with Crippen molar-refractivity contribution in [3.63, 3.8) is 0 Å². The van der Waals surface area contributed by atoms with Gasteiger partial charge in [-0.2, -0.15) is 13.2 Å². The van der Waals surface area contributed by atoms with Crippen molar-refractivity contribution < 1.29 is 22.4 Å². The van der Waals surface area contributed by atoms with Gasteiger partial charge in [-0.15, -0.1) is 0 Å². The van der Waals surface area contributed by atoms with E-state index in [1.165, 1.54) is 12.1 Å². The highest BCUT2D eigenvalue weighted by Crippen LogP contribution is 2.32. The highest BCUT2D eigenvalue weighted by molar-refractivity contribution is 7.99. The van der Waals surface area contributed by atoms with Gasteiger partial charge in [-0.05, 0) is 51.1 Å². The van der Waals surface area contributed by atoms with E-state index in [-0.39, 0.29) is 22.5 Å². The Morgan fingerprint density at radius 3 is 2.27 bits per heavy atom. The smallest absolute Gasteiger partial charge is 0.351 e. The second-order valence-electron chi connectivity index (χ2n) is 6.51. The minimum Gasteiger partial charge on any atom is -0.351 e. The van der Waals surface area contributed by atoms with E-state index in [1.807, 2.05) is 0 Å². The summed E-state index contributed by atoms with van der Waals surface area (Å²) in [6.45, 7) is 5.38. The molecule has 1 N–H and O–H groups in total. The van der Waals surface area contributed by atoms with Crippen molar-refractivity contribution in [1.29, 1.82) is 0 Å². The van der Waals surface area contributed by atoms with Gasteiger partial charge >= 0.3 is 6.18 Å². The number of alkyl halides is 3. The lowest BCUT2D eigenvalue weighted by molar-refractivity contribution is -0.141. The predicted molar refractivity (Wildman–Crippen MR) is 91.0 cm³/mol.